The number of amides is 1. The molecule has 2 unspecified atom stereocenters. The summed E-state index contributed by atoms with van der Waals surface area (Å²) in [7, 11) is 0. The van der Waals surface area contributed by atoms with Gasteiger partial charge < -0.3 is 15.5 Å². The molecular weight excluding hydrogens is 831 g/mol. The molecule has 0 aromatic rings. The second-order valence-electron chi connectivity index (χ2n) is 18.6. The standard InChI is InChI=1S/C64H107NO3/c1-3-5-7-9-11-13-15-17-19-21-22-23-24-25-26-27-28-29-30-31-32-33-34-35-36-37-38-39-40-41-42-44-46-48-50-52-54-56-58-60-64(68)65-62(61-66)63(67)59-57-55-53-51-49-47-45-43-20-18-16-14-12-10-8-6-4-2/h5,7,11,13,17,19,22-23,25-26,28-29,31-32,34-35,37-38,49,51,57,59,62-63,66-67H,3-4,6,8-10,12,14-16,18,20-21,24,27,30,33,36,39-48,50,52-56,58,60-61H2,1-2H3,(H,65,68)/b7-5-,13-11-,19-17-,23-22-,26-25-,29-28-,32-31-,35-34-,38-37-,51-49+,59-57+. The Bertz CT molecular complexity index is 1390. The quantitative estimate of drug-likeness (QED) is 0.0420. The largest absolute Gasteiger partial charge is 0.394 e. The van der Waals surface area contributed by atoms with Gasteiger partial charge in [0.15, 0.2) is 0 Å². The van der Waals surface area contributed by atoms with E-state index in [4.69, 9.17) is 0 Å². The SMILES string of the molecule is CC/C=C\C/C=C\C/C=C\C/C=C\C/C=C\C/C=C\C/C=C\C/C=C\C/C=C\CCCCCCCCCCCCCC(=O)NC(CO)C(O)/C=C/CC/C=C/CCCCCCCCCCCCC. The monoisotopic (exact) mass is 938 g/mol. The van der Waals surface area contributed by atoms with Crippen molar-refractivity contribution < 1.29 is 15.0 Å². The third kappa shape index (κ3) is 53.5. The van der Waals surface area contributed by atoms with E-state index >= 15 is 0 Å². The number of carbonyl (C=O) groups excluding carboxylic acids is 1. The van der Waals surface area contributed by atoms with Crippen molar-refractivity contribution in [2.24, 2.45) is 0 Å². The van der Waals surface area contributed by atoms with E-state index in [0.717, 1.165) is 89.9 Å². The molecule has 0 aromatic heterocycles. The first-order valence-corrected chi connectivity index (χ1v) is 28.4. The van der Waals surface area contributed by atoms with Gasteiger partial charge in [0.25, 0.3) is 0 Å². The van der Waals surface area contributed by atoms with Crippen LogP contribution in [0, 0.1) is 0 Å². The average Bonchev–Trinajstić information content (AvgIpc) is 3.34. The van der Waals surface area contributed by atoms with Crippen molar-refractivity contribution in [1.29, 1.82) is 0 Å². The first-order chi connectivity index (χ1) is 33.7. The van der Waals surface area contributed by atoms with Gasteiger partial charge in [-0.1, -0.05) is 270 Å². The third-order valence-corrected chi connectivity index (χ3v) is 12.1. The zero-order valence-corrected chi connectivity index (χ0v) is 44.3. The molecule has 0 aliphatic carbocycles. The number of rotatable bonds is 50. The van der Waals surface area contributed by atoms with Crippen molar-refractivity contribution in [1.82, 2.24) is 5.32 Å². The highest BCUT2D eigenvalue weighted by Gasteiger charge is 2.17. The van der Waals surface area contributed by atoms with Crippen LogP contribution in [0.15, 0.2) is 134 Å². The molecule has 0 aliphatic heterocycles. The Morgan fingerprint density at radius 3 is 1.03 bits per heavy atom. The molecule has 4 nitrogen and oxygen atoms in total. The molecule has 0 spiro atoms. The Morgan fingerprint density at radius 1 is 0.368 bits per heavy atom. The normalized spacial score (nSPS) is 13.9. The molecule has 3 N–H and O–H groups in total. The minimum absolute atomic E-state index is 0.0819. The summed E-state index contributed by atoms with van der Waals surface area (Å²) >= 11 is 0. The number of hydrogen-bond acceptors (Lipinski definition) is 3. The van der Waals surface area contributed by atoms with E-state index in [9.17, 15) is 15.0 Å². The van der Waals surface area contributed by atoms with Gasteiger partial charge in [-0.15, -0.1) is 0 Å². The first kappa shape index (κ1) is 64.5. The Kier molecular flexibility index (Phi) is 54.9. The molecule has 0 saturated carbocycles. The molecule has 0 rings (SSSR count). The highest BCUT2D eigenvalue weighted by atomic mass is 16.3. The van der Waals surface area contributed by atoms with Gasteiger partial charge in [-0.3, -0.25) is 4.79 Å². The molecule has 0 radical (unpaired) electrons. The van der Waals surface area contributed by atoms with E-state index < -0.39 is 12.1 Å². The van der Waals surface area contributed by atoms with Crippen LogP contribution in [-0.4, -0.2) is 34.9 Å². The molecule has 0 aliphatic rings. The fourth-order valence-electron chi connectivity index (χ4n) is 7.83. The maximum absolute atomic E-state index is 12.5. The molecule has 68 heavy (non-hydrogen) atoms. The molecular formula is C64H107NO3. The van der Waals surface area contributed by atoms with Gasteiger partial charge >= 0.3 is 0 Å². The number of aliphatic hydroxyl groups excluding tert-OH is 2. The van der Waals surface area contributed by atoms with Gasteiger partial charge in [-0.05, 0) is 103 Å². The summed E-state index contributed by atoms with van der Waals surface area (Å²) in [6, 6.07) is -0.649. The van der Waals surface area contributed by atoms with Crippen LogP contribution in [0.4, 0.5) is 0 Å². The van der Waals surface area contributed by atoms with Crippen molar-refractivity contribution in [3.63, 3.8) is 0 Å². The van der Waals surface area contributed by atoms with E-state index in [1.165, 1.54) is 135 Å². The van der Waals surface area contributed by atoms with Crippen LogP contribution in [0.25, 0.3) is 0 Å². The predicted octanol–water partition coefficient (Wildman–Crippen LogP) is 19.0. The van der Waals surface area contributed by atoms with Crippen LogP contribution in [-0.2, 0) is 4.79 Å². The second kappa shape index (κ2) is 57.8. The van der Waals surface area contributed by atoms with E-state index in [1.54, 1.807) is 6.08 Å². The number of nitrogens with one attached hydrogen (secondary N) is 1. The minimum Gasteiger partial charge on any atom is -0.394 e. The fourth-order valence-corrected chi connectivity index (χ4v) is 7.83. The lowest BCUT2D eigenvalue weighted by Gasteiger charge is -2.19. The van der Waals surface area contributed by atoms with Gasteiger partial charge in [0.2, 0.25) is 5.91 Å². The predicted molar refractivity (Wildman–Crippen MR) is 303 cm³/mol. The average molecular weight is 939 g/mol. The van der Waals surface area contributed by atoms with Crippen LogP contribution in [0.5, 0.6) is 0 Å². The summed E-state index contributed by atoms with van der Waals surface area (Å²) in [5.41, 5.74) is 0. The fraction of sp³-hybridized carbons (Fsp3) is 0.641. The van der Waals surface area contributed by atoms with Crippen LogP contribution in [0.3, 0.4) is 0 Å². The maximum atomic E-state index is 12.5. The lowest BCUT2D eigenvalue weighted by atomic mass is 10.0. The Hall–Kier alpha value is -3.47. The van der Waals surface area contributed by atoms with E-state index in [2.05, 4.69) is 141 Å². The molecule has 0 saturated heterocycles. The van der Waals surface area contributed by atoms with Crippen LogP contribution >= 0.6 is 0 Å². The molecule has 1 amide bonds. The lowest BCUT2D eigenvalue weighted by molar-refractivity contribution is -0.123. The van der Waals surface area contributed by atoms with E-state index in [1.807, 2.05) is 6.08 Å². The topological polar surface area (TPSA) is 69.6 Å². The van der Waals surface area contributed by atoms with E-state index in [0.29, 0.717) is 6.42 Å². The van der Waals surface area contributed by atoms with Gasteiger partial charge in [0, 0.05) is 6.42 Å². The molecule has 0 bridgehead atoms. The van der Waals surface area contributed by atoms with Crippen molar-refractivity contribution in [3.05, 3.63) is 134 Å². The van der Waals surface area contributed by atoms with Crippen molar-refractivity contribution in [2.45, 2.75) is 257 Å². The minimum atomic E-state index is -0.871. The molecule has 0 heterocycles. The summed E-state index contributed by atoms with van der Waals surface area (Å²) in [5, 5.41) is 23.1. The lowest BCUT2D eigenvalue weighted by Crippen LogP contribution is -2.45. The number of hydrogen-bond donors (Lipinski definition) is 3. The van der Waals surface area contributed by atoms with E-state index in [-0.39, 0.29) is 12.5 Å². The summed E-state index contributed by atoms with van der Waals surface area (Å²) in [4.78, 5) is 12.5. The smallest absolute Gasteiger partial charge is 0.220 e. The van der Waals surface area contributed by atoms with Crippen molar-refractivity contribution >= 4 is 5.91 Å². The van der Waals surface area contributed by atoms with Crippen LogP contribution < -0.4 is 5.32 Å². The summed E-state index contributed by atoms with van der Waals surface area (Å²) in [5.74, 6) is -0.0819. The molecule has 386 valence electrons. The van der Waals surface area contributed by atoms with Gasteiger partial charge in [0.05, 0.1) is 18.8 Å². The van der Waals surface area contributed by atoms with Crippen molar-refractivity contribution in [3.8, 4) is 0 Å². The number of unbranched alkanes of at least 4 members (excludes halogenated alkanes) is 23. The molecule has 2 atom stereocenters. The highest BCUT2D eigenvalue weighted by molar-refractivity contribution is 5.76. The summed E-state index contributed by atoms with van der Waals surface area (Å²) in [6.45, 7) is 4.18. The van der Waals surface area contributed by atoms with Crippen LogP contribution in [0.2, 0.25) is 0 Å². The first-order valence-electron chi connectivity index (χ1n) is 28.4. The Balaban J connectivity index is 3.62. The van der Waals surface area contributed by atoms with Crippen molar-refractivity contribution in [2.75, 3.05) is 6.61 Å². The number of carbonyl (C=O) groups is 1. The van der Waals surface area contributed by atoms with Crippen LogP contribution in [0.1, 0.15) is 245 Å². The summed E-state index contributed by atoms with van der Waals surface area (Å²) in [6.07, 6.45) is 90.3. The number of allylic oxidation sites excluding steroid dienone is 21. The molecule has 0 aromatic carbocycles. The molecule has 4 heteroatoms. The van der Waals surface area contributed by atoms with Gasteiger partial charge in [0.1, 0.15) is 0 Å². The summed E-state index contributed by atoms with van der Waals surface area (Å²) < 4.78 is 0. The maximum Gasteiger partial charge on any atom is 0.220 e. The van der Waals surface area contributed by atoms with Gasteiger partial charge in [-0.25, -0.2) is 0 Å². The third-order valence-electron chi connectivity index (χ3n) is 12.1. The number of aliphatic hydroxyl groups is 2. The Labute approximate surface area is 421 Å². The molecule has 0 fully saturated rings. The zero-order valence-electron chi connectivity index (χ0n) is 44.3. The second-order valence-corrected chi connectivity index (χ2v) is 18.6. The highest BCUT2D eigenvalue weighted by Crippen LogP contribution is 2.14. The Morgan fingerprint density at radius 2 is 0.662 bits per heavy atom. The zero-order chi connectivity index (χ0) is 49.2. The van der Waals surface area contributed by atoms with Gasteiger partial charge in [-0.2, -0.15) is 0 Å².